The predicted molar refractivity (Wildman–Crippen MR) is 61.6 cm³/mol. The predicted octanol–water partition coefficient (Wildman–Crippen LogP) is 1.39. The Kier molecular flexibility index (Phi) is 7.09. The Hall–Kier alpha value is -0.220. The zero-order valence-electron chi connectivity index (χ0n) is 8.84. The first kappa shape index (κ1) is 12.8. The number of rotatable bonds is 7. The second kappa shape index (κ2) is 7.21. The Morgan fingerprint density at radius 3 is 2.69 bits per heavy atom. The van der Waals surface area contributed by atoms with Crippen molar-refractivity contribution in [1.29, 1.82) is 5.41 Å². The van der Waals surface area contributed by atoms with Crippen LogP contribution in [-0.2, 0) is 0 Å². The zero-order valence-corrected chi connectivity index (χ0v) is 9.66. The molecule has 0 bridgehead atoms. The molecule has 0 radical (unpaired) electrons. The number of hydrogen-bond acceptors (Lipinski definition) is 3. The summed E-state index contributed by atoms with van der Waals surface area (Å²) < 4.78 is 0. The highest BCUT2D eigenvalue weighted by atomic mass is 32.2. The smallest absolute Gasteiger partial charge is 0.0920 e. The van der Waals surface area contributed by atoms with Crippen LogP contribution in [0.4, 0.5) is 0 Å². The van der Waals surface area contributed by atoms with Crippen LogP contribution < -0.4 is 5.73 Å². The summed E-state index contributed by atoms with van der Waals surface area (Å²) in [5.41, 5.74) is 5.34. The van der Waals surface area contributed by atoms with Crippen molar-refractivity contribution in [1.82, 2.24) is 4.90 Å². The summed E-state index contributed by atoms with van der Waals surface area (Å²) in [6.07, 6.45) is 4.01. The monoisotopic (exact) mass is 203 g/mol. The van der Waals surface area contributed by atoms with Gasteiger partial charge in [-0.25, -0.2) is 0 Å². The fourth-order valence-electron chi connectivity index (χ4n) is 1.15. The highest BCUT2D eigenvalue weighted by Crippen LogP contribution is 2.03. The zero-order chi connectivity index (χ0) is 10.3. The van der Waals surface area contributed by atoms with Gasteiger partial charge >= 0.3 is 0 Å². The molecule has 3 nitrogen and oxygen atoms in total. The molecule has 0 aromatic carbocycles. The molecule has 13 heavy (non-hydrogen) atoms. The van der Waals surface area contributed by atoms with Crippen LogP contribution in [0.25, 0.3) is 0 Å². The van der Waals surface area contributed by atoms with Crippen LogP contribution in [0.3, 0.4) is 0 Å². The molecule has 0 aromatic rings. The first-order valence-corrected chi connectivity index (χ1v) is 5.99. The molecule has 0 heterocycles. The quantitative estimate of drug-likeness (QED) is 0.373. The summed E-state index contributed by atoms with van der Waals surface area (Å²) in [6.45, 7) is 3.20. The Labute approximate surface area is 85.6 Å². The van der Waals surface area contributed by atoms with Crippen LogP contribution in [0.2, 0.25) is 0 Å². The molecule has 0 spiro atoms. The van der Waals surface area contributed by atoms with Crippen LogP contribution in [0.5, 0.6) is 0 Å². The summed E-state index contributed by atoms with van der Waals surface area (Å²) in [5, 5.41) is 7.18. The molecule has 3 N–H and O–H groups in total. The molecule has 0 rings (SSSR count). The molecule has 0 amide bonds. The molecule has 0 saturated heterocycles. The van der Waals surface area contributed by atoms with Gasteiger partial charge in [0.05, 0.1) is 5.84 Å². The lowest BCUT2D eigenvalue weighted by molar-refractivity contribution is 0.264. The number of amidine groups is 1. The van der Waals surface area contributed by atoms with Gasteiger partial charge in [-0.3, -0.25) is 5.41 Å². The van der Waals surface area contributed by atoms with Crippen molar-refractivity contribution in [3.8, 4) is 0 Å². The lowest BCUT2D eigenvalue weighted by Gasteiger charge is -2.23. The lowest BCUT2D eigenvalue weighted by Crippen LogP contribution is -2.33. The van der Waals surface area contributed by atoms with E-state index in [0.29, 0.717) is 12.5 Å². The van der Waals surface area contributed by atoms with Gasteiger partial charge in [0, 0.05) is 12.5 Å². The van der Waals surface area contributed by atoms with E-state index in [9.17, 15) is 0 Å². The van der Waals surface area contributed by atoms with Gasteiger partial charge in [0.1, 0.15) is 0 Å². The van der Waals surface area contributed by atoms with E-state index in [4.69, 9.17) is 11.1 Å². The van der Waals surface area contributed by atoms with Crippen molar-refractivity contribution in [2.75, 3.05) is 25.6 Å². The van der Waals surface area contributed by atoms with E-state index >= 15 is 0 Å². The third-order valence-corrected chi connectivity index (χ3v) is 2.82. The van der Waals surface area contributed by atoms with Gasteiger partial charge < -0.3 is 10.6 Å². The third-order valence-electron chi connectivity index (χ3n) is 2.13. The fraction of sp³-hybridized carbons (Fsp3) is 0.889. The molecule has 0 aliphatic heterocycles. The van der Waals surface area contributed by atoms with Crippen LogP contribution >= 0.6 is 11.8 Å². The van der Waals surface area contributed by atoms with Crippen molar-refractivity contribution in [2.24, 2.45) is 5.73 Å². The lowest BCUT2D eigenvalue weighted by atomic mass is 10.2. The van der Waals surface area contributed by atoms with Gasteiger partial charge in [0.15, 0.2) is 0 Å². The normalized spacial score (nSPS) is 13.2. The van der Waals surface area contributed by atoms with Crippen molar-refractivity contribution in [3.63, 3.8) is 0 Å². The SMILES string of the molecule is CSCCCN(C)C(C)CC(=N)N. The Balaban J connectivity index is 3.56. The molecule has 4 heteroatoms. The molecule has 0 saturated carbocycles. The van der Waals surface area contributed by atoms with Crippen LogP contribution in [0.15, 0.2) is 0 Å². The van der Waals surface area contributed by atoms with Gasteiger partial charge in [-0.05, 0) is 38.9 Å². The molecule has 78 valence electrons. The van der Waals surface area contributed by atoms with Gasteiger partial charge in [0.25, 0.3) is 0 Å². The molecule has 1 atom stereocenters. The Morgan fingerprint density at radius 2 is 2.23 bits per heavy atom. The van der Waals surface area contributed by atoms with Gasteiger partial charge in [0.2, 0.25) is 0 Å². The maximum Gasteiger partial charge on any atom is 0.0920 e. The van der Waals surface area contributed by atoms with Gasteiger partial charge in [-0.15, -0.1) is 0 Å². The summed E-state index contributed by atoms with van der Waals surface area (Å²) in [5.74, 6) is 1.49. The molecule has 0 fully saturated rings. The second-order valence-electron chi connectivity index (χ2n) is 3.41. The number of thioether (sulfide) groups is 1. The first-order chi connectivity index (χ1) is 6.07. The van der Waals surface area contributed by atoms with Crippen molar-refractivity contribution in [3.05, 3.63) is 0 Å². The average molecular weight is 203 g/mol. The van der Waals surface area contributed by atoms with E-state index in [1.165, 1.54) is 12.2 Å². The van der Waals surface area contributed by atoms with Crippen molar-refractivity contribution < 1.29 is 0 Å². The number of nitrogens with one attached hydrogen (secondary N) is 1. The van der Waals surface area contributed by atoms with Crippen molar-refractivity contribution in [2.45, 2.75) is 25.8 Å². The molecule has 1 unspecified atom stereocenters. The summed E-state index contributed by atoms with van der Waals surface area (Å²) in [7, 11) is 2.09. The molecular weight excluding hydrogens is 182 g/mol. The molecule has 0 aliphatic rings. The summed E-state index contributed by atoms with van der Waals surface area (Å²) >= 11 is 1.88. The number of nitrogens with zero attached hydrogens (tertiary/aromatic N) is 1. The highest BCUT2D eigenvalue weighted by molar-refractivity contribution is 7.98. The Morgan fingerprint density at radius 1 is 1.62 bits per heavy atom. The van der Waals surface area contributed by atoms with E-state index in [0.717, 1.165) is 6.54 Å². The first-order valence-electron chi connectivity index (χ1n) is 4.60. The Bertz CT molecular complexity index is 150. The van der Waals surface area contributed by atoms with E-state index in [1.807, 2.05) is 11.8 Å². The molecule has 0 aliphatic carbocycles. The minimum absolute atomic E-state index is 0.282. The van der Waals surface area contributed by atoms with E-state index < -0.39 is 0 Å². The van der Waals surface area contributed by atoms with Crippen LogP contribution in [0, 0.1) is 5.41 Å². The third kappa shape index (κ3) is 6.90. The fourth-order valence-corrected chi connectivity index (χ4v) is 1.57. The highest BCUT2D eigenvalue weighted by Gasteiger charge is 2.09. The van der Waals surface area contributed by atoms with Gasteiger partial charge in [-0.1, -0.05) is 0 Å². The summed E-state index contributed by atoms with van der Waals surface area (Å²) in [4.78, 5) is 2.26. The van der Waals surface area contributed by atoms with E-state index in [2.05, 4.69) is 25.1 Å². The number of hydrogen-bond donors (Lipinski definition) is 2. The molecular formula is C9H21N3S. The minimum Gasteiger partial charge on any atom is -0.388 e. The standard InChI is InChI=1S/C9H21N3S/c1-8(7-9(10)11)12(2)5-4-6-13-3/h8H,4-7H2,1-3H3,(H3,10,11). The van der Waals surface area contributed by atoms with Crippen molar-refractivity contribution >= 4 is 17.6 Å². The van der Waals surface area contributed by atoms with Crippen LogP contribution in [-0.4, -0.2) is 42.4 Å². The van der Waals surface area contributed by atoms with E-state index in [1.54, 1.807) is 0 Å². The largest absolute Gasteiger partial charge is 0.388 e. The summed E-state index contributed by atoms with van der Waals surface area (Å²) in [6, 6.07) is 0.388. The average Bonchev–Trinajstić information content (AvgIpc) is 2.03. The number of nitrogens with two attached hydrogens (primary N) is 1. The maximum atomic E-state index is 7.18. The van der Waals surface area contributed by atoms with Gasteiger partial charge in [-0.2, -0.15) is 11.8 Å². The van der Waals surface area contributed by atoms with Crippen LogP contribution in [0.1, 0.15) is 19.8 Å². The second-order valence-corrected chi connectivity index (χ2v) is 4.39. The molecule has 0 aromatic heterocycles. The topological polar surface area (TPSA) is 53.1 Å². The maximum absolute atomic E-state index is 7.18. The minimum atomic E-state index is 0.282. The van der Waals surface area contributed by atoms with E-state index in [-0.39, 0.29) is 5.84 Å².